The number of aromatic nitrogens is 3. The van der Waals surface area contributed by atoms with Crippen LogP contribution in [0.15, 0.2) is 18.5 Å². The van der Waals surface area contributed by atoms with Crippen LogP contribution in [0.25, 0.3) is 0 Å². The first-order valence-corrected chi connectivity index (χ1v) is 12.7. The zero-order chi connectivity index (χ0) is 25.3. The molecule has 194 valence electrons. The van der Waals surface area contributed by atoms with Gasteiger partial charge in [-0.3, -0.25) is 10.6 Å². The SMILES string of the molecule is CN(C(=O)Nc1ncc(F)s1)[C@H]1CN(c2nccc(NC(=O)OC34CCN(CC3)CC4)n2)CC[C@H]1F. The monoisotopic (exact) mass is 522 g/mol. The van der Waals surface area contributed by atoms with Gasteiger partial charge in [-0.2, -0.15) is 9.37 Å². The van der Waals surface area contributed by atoms with Crippen LogP contribution in [0.5, 0.6) is 0 Å². The molecule has 0 aliphatic carbocycles. The molecule has 0 aromatic carbocycles. The minimum Gasteiger partial charge on any atom is -0.443 e. The van der Waals surface area contributed by atoms with Crippen LogP contribution in [-0.2, 0) is 4.74 Å². The third-order valence-corrected chi connectivity index (χ3v) is 7.83. The maximum absolute atomic E-state index is 14.8. The number of alkyl halides is 1. The number of thiazole rings is 1. The standard InChI is InChI=1S/C22H28F2N8O3S/c1-30(20(33)29-19-26-12-16(24)36-19)15-13-32(8-3-14(15)23)18-25-7-2-17(27-18)28-21(34)35-22-4-9-31(10-5-22)11-6-22/h2,7,12,14-15H,3-6,8-11,13H2,1H3,(H,26,29,33)(H,25,27,28,34)/t14-,15+/m1/s1. The lowest BCUT2D eigenvalue weighted by Gasteiger charge is -2.47. The Balaban J connectivity index is 1.21. The van der Waals surface area contributed by atoms with Gasteiger partial charge in [-0.1, -0.05) is 11.3 Å². The van der Waals surface area contributed by atoms with Gasteiger partial charge in [-0.25, -0.2) is 23.9 Å². The fraction of sp³-hybridized carbons (Fsp3) is 0.591. The fourth-order valence-corrected chi connectivity index (χ4v) is 5.47. The van der Waals surface area contributed by atoms with Crippen LogP contribution in [-0.4, -0.2) is 94.5 Å². The lowest BCUT2D eigenvalue weighted by Crippen LogP contribution is -2.55. The highest BCUT2D eigenvalue weighted by molar-refractivity contribution is 7.14. The number of amides is 3. The maximum Gasteiger partial charge on any atom is 0.413 e. The predicted molar refractivity (Wildman–Crippen MR) is 130 cm³/mol. The number of urea groups is 1. The predicted octanol–water partition coefficient (Wildman–Crippen LogP) is 2.94. The van der Waals surface area contributed by atoms with Crippen molar-refractivity contribution in [3.8, 4) is 0 Å². The minimum absolute atomic E-state index is 0.0970. The highest BCUT2D eigenvalue weighted by atomic mass is 32.1. The molecule has 2 bridgehead atoms. The Bertz CT molecular complexity index is 1100. The van der Waals surface area contributed by atoms with Gasteiger partial charge in [0.25, 0.3) is 0 Å². The molecule has 4 fully saturated rings. The third kappa shape index (κ3) is 5.33. The molecule has 4 saturated heterocycles. The molecule has 14 heteroatoms. The molecule has 6 rings (SSSR count). The number of fused-ring (bicyclic) bond motifs is 3. The number of anilines is 3. The van der Waals surface area contributed by atoms with Gasteiger partial charge < -0.3 is 19.4 Å². The number of nitrogens with one attached hydrogen (secondary N) is 2. The lowest BCUT2D eigenvalue weighted by molar-refractivity contribution is -0.0742. The van der Waals surface area contributed by atoms with Crippen molar-refractivity contribution < 1.29 is 23.1 Å². The number of piperidine rings is 4. The Labute approximate surface area is 210 Å². The summed E-state index contributed by atoms with van der Waals surface area (Å²) in [7, 11) is 1.48. The molecule has 4 aliphatic rings. The molecular weight excluding hydrogens is 494 g/mol. The van der Waals surface area contributed by atoms with Crippen LogP contribution in [0.3, 0.4) is 0 Å². The van der Waals surface area contributed by atoms with Crippen molar-refractivity contribution in [1.29, 1.82) is 0 Å². The molecule has 36 heavy (non-hydrogen) atoms. The molecule has 2 N–H and O–H groups in total. The fourth-order valence-electron chi connectivity index (χ4n) is 4.94. The van der Waals surface area contributed by atoms with E-state index in [9.17, 15) is 18.4 Å². The molecule has 2 aromatic rings. The molecular formula is C22H28F2N8O3S. The molecule has 2 aromatic heterocycles. The van der Waals surface area contributed by atoms with Gasteiger partial charge in [-0.15, -0.1) is 0 Å². The molecule has 4 aliphatic heterocycles. The first-order chi connectivity index (χ1) is 17.3. The third-order valence-electron chi connectivity index (χ3n) is 7.12. The van der Waals surface area contributed by atoms with E-state index < -0.39 is 35.1 Å². The summed E-state index contributed by atoms with van der Waals surface area (Å²) >= 11 is 0.691. The number of hydrogen-bond donors (Lipinski definition) is 2. The molecule has 6 heterocycles. The van der Waals surface area contributed by atoms with Crippen LogP contribution < -0.4 is 15.5 Å². The van der Waals surface area contributed by atoms with Crippen molar-refractivity contribution in [3.63, 3.8) is 0 Å². The van der Waals surface area contributed by atoms with Gasteiger partial charge in [-0.05, 0) is 12.5 Å². The second-order valence-corrected chi connectivity index (χ2v) is 10.3. The quantitative estimate of drug-likeness (QED) is 0.616. The first kappa shape index (κ1) is 24.6. The van der Waals surface area contributed by atoms with Crippen molar-refractivity contribution in [2.45, 2.75) is 43.5 Å². The summed E-state index contributed by atoms with van der Waals surface area (Å²) < 4.78 is 33.8. The van der Waals surface area contributed by atoms with Gasteiger partial charge in [0.2, 0.25) is 5.95 Å². The van der Waals surface area contributed by atoms with Crippen LogP contribution in [0.4, 0.5) is 35.3 Å². The summed E-state index contributed by atoms with van der Waals surface area (Å²) in [6.07, 6.45) is 3.35. The number of hydrogen-bond acceptors (Lipinski definition) is 9. The van der Waals surface area contributed by atoms with E-state index in [1.165, 1.54) is 18.1 Å². The van der Waals surface area contributed by atoms with Gasteiger partial charge in [0, 0.05) is 65.2 Å². The van der Waals surface area contributed by atoms with Crippen LogP contribution in [0, 0.1) is 5.13 Å². The summed E-state index contributed by atoms with van der Waals surface area (Å²) in [6.45, 7) is 3.29. The molecule has 3 amide bonds. The number of carbonyl (C=O) groups excluding carboxylic acids is 2. The average molecular weight is 523 g/mol. The van der Waals surface area contributed by atoms with Gasteiger partial charge >= 0.3 is 12.1 Å². The maximum atomic E-state index is 14.8. The van der Waals surface area contributed by atoms with Crippen molar-refractivity contribution in [2.24, 2.45) is 0 Å². The topological polar surface area (TPSA) is 116 Å². The van der Waals surface area contributed by atoms with E-state index in [0.29, 0.717) is 23.8 Å². The van der Waals surface area contributed by atoms with E-state index in [-0.39, 0.29) is 23.9 Å². The largest absolute Gasteiger partial charge is 0.443 e. The van der Waals surface area contributed by atoms with E-state index in [0.717, 1.165) is 45.1 Å². The van der Waals surface area contributed by atoms with Gasteiger partial charge in [0.15, 0.2) is 10.3 Å². The Kier molecular flexibility index (Phi) is 6.88. The molecule has 11 nitrogen and oxygen atoms in total. The lowest BCUT2D eigenvalue weighted by atomic mass is 9.83. The molecule has 0 radical (unpaired) electrons. The summed E-state index contributed by atoms with van der Waals surface area (Å²) in [6, 6.07) is 0.189. The summed E-state index contributed by atoms with van der Waals surface area (Å²) in [5, 5.41) is 4.75. The number of nitrogens with zero attached hydrogens (tertiary/aromatic N) is 6. The Morgan fingerprint density at radius 3 is 2.64 bits per heavy atom. The zero-order valence-corrected chi connectivity index (χ0v) is 20.6. The van der Waals surface area contributed by atoms with Gasteiger partial charge in [0.1, 0.15) is 17.6 Å². The van der Waals surface area contributed by atoms with Crippen molar-refractivity contribution in [2.75, 3.05) is 55.3 Å². The Morgan fingerprint density at radius 2 is 1.94 bits per heavy atom. The van der Waals surface area contributed by atoms with Gasteiger partial charge in [0.05, 0.1) is 12.2 Å². The average Bonchev–Trinajstić information content (AvgIpc) is 3.29. The highest BCUT2D eigenvalue weighted by Gasteiger charge is 2.42. The molecule has 0 spiro atoms. The molecule has 0 unspecified atom stereocenters. The first-order valence-electron chi connectivity index (χ1n) is 11.9. The molecule has 2 atom stereocenters. The van der Waals surface area contributed by atoms with Crippen LogP contribution in [0.2, 0.25) is 0 Å². The van der Waals surface area contributed by atoms with Crippen molar-refractivity contribution in [3.05, 3.63) is 23.6 Å². The highest BCUT2D eigenvalue weighted by Crippen LogP contribution is 2.35. The summed E-state index contributed by atoms with van der Waals surface area (Å²) in [5.41, 5.74) is -0.416. The summed E-state index contributed by atoms with van der Waals surface area (Å²) in [5.74, 6) is 0.593. The van der Waals surface area contributed by atoms with E-state index in [1.807, 2.05) is 0 Å². The minimum atomic E-state index is -1.26. The number of carbonyl (C=O) groups is 2. The normalized spacial score (nSPS) is 27.4. The molecule has 0 saturated carbocycles. The second kappa shape index (κ2) is 10.1. The number of halogens is 2. The van der Waals surface area contributed by atoms with Crippen molar-refractivity contribution in [1.82, 2.24) is 24.8 Å². The second-order valence-electron chi connectivity index (χ2n) is 9.36. The Hall–Kier alpha value is -3.13. The van der Waals surface area contributed by atoms with E-state index in [4.69, 9.17) is 4.74 Å². The summed E-state index contributed by atoms with van der Waals surface area (Å²) in [4.78, 5) is 43.0. The number of rotatable bonds is 5. The number of likely N-dealkylation sites (N-methyl/N-ethyl adjacent to an activating group) is 1. The van der Waals surface area contributed by atoms with E-state index in [2.05, 4.69) is 30.5 Å². The van der Waals surface area contributed by atoms with Crippen LogP contribution >= 0.6 is 11.3 Å². The number of ether oxygens (including phenoxy) is 1. The van der Waals surface area contributed by atoms with Crippen LogP contribution in [0.1, 0.15) is 25.7 Å². The zero-order valence-electron chi connectivity index (χ0n) is 19.8. The smallest absolute Gasteiger partial charge is 0.413 e. The van der Waals surface area contributed by atoms with E-state index in [1.54, 1.807) is 11.0 Å². The van der Waals surface area contributed by atoms with Crippen molar-refractivity contribution >= 4 is 40.4 Å². The van der Waals surface area contributed by atoms with E-state index >= 15 is 0 Å². The Morgan fingerprint density at radius 1 is 1.19 bits per heavy atom.